The largest absolute Gasteiger partial charge is 0.495 e. The van der Waals surface area contributed by atoms with Gasteiger partial charge in [0.25, 0.3) is 5.91 Å². The summed E-state index contributed by atoms with van der Waals surface area (Å²) in [6.07, 6.45) is 0. The van der Waals surface area contributed by atoms with Crippen molar-refractivity contribution in [2.45, 2.75) is 4.90 Å². The molecule has 1 aromatic heterocycles. The van der Waals surface area contributed by atoms with Crippen molar-refractivity contribution in [3.63, 3.8) is 0 Å². The molecule has 140 valence electrons. The highest BCUT2D eigenvalue weighted by Gasteiger charge is 2.27. The van der Waals surface area contributed by atoms with E-state index in [-0.39, 0.29) is 16.5 Å². The molecular formula is C16H17ClN2O5S2. The number of hydrogen-bond donors (Lipinski definition) is 1. The standard InChI is InChI=1S/C16H17ClN2O5S2/c1-23-13-3-2-11(26(21,22)19-6-8-24-9-7-19)10-12(13)18-16(20)14-4-5-15(17)25-14/h2-5,10H,6-9H2,1H3,(H,18,20). The number of morpholine rings is 1. The SMILES string of the molecule is COc1ccc(S(=O)(=O)N2CCOCC2)cc1NC(=O)c1ccc(Cl)s1. The molecule has 1 saturated heterocycles. The van der Waals surface area contributed by atoms with Gasteiger partial charge in [-0.05, 0) is 30.3 Å². The van der Waals surface area contributed by atoms with Crippen molar-refractivity contribution in [2.24, 2.45) is 0 Å². The number of rotatable bonds is 5. The molecule has 1 aliphatic rings. The van der Waals surface area contributed by atoms with E-state index in [1.165, 1.54) is 29.6 Å². The smallest absolute Gasteiger partial charge is 0.265 e. The van der Waals surface area contributed by atoms with Crippen LogP contribution in [0.5, 0.6) is 5.75 Å². The fraction of sp³-hybridized carbons (Fsp3) is 0.312. The van der Waals surface area contributed by atoms with Gasteiger partial charge >= 0.3 is 0 Å². The van der Waals surface area contributed by atoms with Crippen molar-refractivity contribution in [3.05, 3.63) is 39.5 Å². The van der Waals surface area contributed by atoms with Crippen LogP contribution in [-0.2, 0) is 14.8 Å². The molecule has 7 nitrogen and oxygen atoms in total. The van der Waals surface area contributed by atoms with Gasteiger partial charge < -0.3 is 14.8 Å². The van der Waals surface area contributed by atoms with Gasteiger partial charge in [-0.2, -0.15) is 4.31 Å². The summed E-state index contributed by atoms with van der Waals surface area (Å²) in [5.41, 5.74) is 0.274. The van der Waals surface area contributed by atoms with Crippen LogP contribution in [0.3, 0.4) is 0 Å². The predicted octanol–water partition coefficient (Wildman–Crippen LogP) is 2.68. The van der Waals surface area contributed by atoms with Gasteiger partial charge in [-0.15, -0.1) is 11.3 Å². The number of sulfonamides is 1. The minimum Gasteiger partial charge on any atom is -0.495 e. The molecular weight excluding hydrogens is 400 g/mol. The summed E-state index contributed by atoms with van der Waals surface area (Å²) in [6.45, 7) is 1.31. The van der Waals surface area contributed by atoms with E-state index in [9.17, 15) is 13.2 Å². The monoisotopic (exact) mass is 416 g/mol. The van der Waals surface area contributed by atoms with Crippen LogP contribution in [0.15, 0.2) is 35.2 Å². The zero-order valence-electron chi connectivity index (χ0n) is 13.9. The van der Waals surface area contributed by atoms with E-state index in [0.717, 1.165) is 11.3 Å². The van der Waals surface area contributed by atoms with E-state index < -0.39 is 10.0 Å². The van der Waals surface area contributed by atoms with Crippen LogP contribution in [-0.4, -0.2) is 52.0 Å². The van der Waals surface area contributed by atoms with Gasteiger partial charge in [0.1, 0.15) is 5.75 Å². The fourth-order valence-corrected chi connectivity index (χ4v) is 4.87. The Morgan fingerprint density at radius 2 is 2.00 bits per heavy atom. The second-order valence-corrected chi connectivity index (χ2v) is 9.09. The third-order valence-electron chi connectivity index (χ3n) is 3.82. The summed E-state index contributed by atoms with van der Waals surface area (Å²) in [5.74, 6) is -0.0250. The van der Waals surface area contributed by atoms with Crippen molar-refractivity contribution in [1.82, 2.24) is 4.31 Å². The average Bonchev–Trinajstić information content (AvgIpc) is 3.09. The maximum atomic E-state index is 12.8. The van der Waals surface area contributed by atoms with Crippen molar-refractivity contribution < 1.29 is 22.7 Å². The van der Waals surface area contributed by atoms with Crippen LogP contribution in [0.25, 0.3) is 0 Å². The molecule has 0 unspecified atom stereocenters. The third-order valence-corrected chi connectivity index (χ3v) is 6.95. The molecule has 1 fully saturated rings. The molecule has 0 atom stereocenters. The van der Waals surface area contributed by atoms with Crippen molar-refractivity contribution in [3.8, 4) is 5.75 Å². The number of amides is 1. The van der Waals surface area contributed by atoms with E-state index in [0.29, 0.717) is 41.3 Å². The number of carbonyl (C=O) groups is 1. The number of ether oxygens (including phenoxy) is 2. The molecule has 0 saturated carbocycles. The number of carbonyl (C=O) groups excluding carboxylic acids is 1. The van der Waals surface area contributed by atoms with Crippen LogP contribution in [0, 0.1) is 0 Å². The van der Waals surface area contributed by atoms with Gasteiger partial charge in [-0.25, -0.2) is 8.42 Å². The van der Waals surface area contributed by atoms with Gasteiger partial charge in [0.05, 0.1) is 40.1 Å². The lowest BCUT2D eigenvalue weighted by Gasteiger charge is -2.26. The van der Waals surface area contributed by atoms with E-state index in [2.05, 4.69) is 5.32 Å². The van der Waals surface area contributed by atoms with Crippen LogP contribution in [0.4, 0.5) is 5.69 Å². The third kappa shape index (κ3) is 4.02. The zero-order valence-corrected chi connectivity index (χ0v) is 16.3. The normalized spacial score (nSPS) is 15.6. The number of hydrogen-bond acceptors (Lipinski definition) is 6. The molecule has 10 heteroatoms. The Morgan fingerprint density at radius 1 is 1.27 bits per heavy atom. The molecule has 0 aliphatic carbocycles. The minimum absolute atomic E-state index is 0.0831. The Kier molecular flexibility index (Phi) is 5.83. The van der Waals surface area contributed by atoms with E-state index in [1.807, 2.05) is 0 Å². The lowest BCUT2D eigenvalue weighted by molar-refractivity contribution is 0.0730. The summed E-state index contributed by atoms with van der Waals surface area (Å²) < 4.78 is 37.9. The Hall–Kier alpha value is -1.65. The molecule has 0 spiro atoms. The molecule has 26 heavy (non-hydrogen) atoms. The van der Waals surface area contributed by atoms with Crippen molar-refractivity contribution in [1.29, 1.82) is 0 Å². The molecule has 1 amide bonds. The summed E-state index contributed by atoms with van der Waals surface area (Å²) in [6, 6.07) is 7.60. The molecule has 1 aliphatic heterocycles. The van der Waals surface area contributed by atoms with Crippen molar-refractivity contribution in [2.75, 3.05) is 38.7 Å². The van der Waals surface area contributed by atoms with E-state index in [1.54, 1.807) is 12.1 Å². The first-order valence-corrected chi connectivity index (χ1v) is 10.4. The second kappa shape index (κ2) is 7.93. The first-order chi connectivity index (χ1) is 12.4. The maximum Gasteiger partial charge on any atom is 0.265 e. The first-order valence-electron chi connectivity index (χ1n) is 7.74. The zero-order chi connectivity index (χ0) is 18.7. The Morgan fingerprint density at radius 3 is 2.62 bits per heavy atom. The molecule has 1 N–H and O–H groups in total. The average molecular weight is 417 g/mol. The predicted molar refractivity (Wildman–Crippen MR) is 99.9 cm³/mol. The number of halogens is 1. The lowest BCUT2D eigenvalue weighted by Crippen LogP contribution is -2.40. The van der Waals surface area contributed by atoms with Gasteiger partial charge in [0.15, 0.2) is 0 Å². The van der Waals surface area contributed by atoms with E-state index >= 15 is 0 Å². The van der Waals surface area contributed by atoms with Crippen LogP contribution >= 0.6 is 22.9 Å². The van der Waals surface area contributed by atoms with E-state index in [4.69, 9.17) is 21.1 Å². The maximum absolute atomic E-state index is 12.8. The van der Waals surface area contributed by atoms with Gasteiger partial charge in [-0.1, -0.05) is 11.6 Å². The number of methoxy groups -OCH3 is 1. The molecule has 2 heterocycles. The quantitative estimate of drug-likeness (QED) is 0.809. The molecule has 0 bridgehead atoms. The van der Waals surface area contributed by atoms with Crippen LogP contribution < -0.4 is 10.1 Å². The molecule has 3 rings (SSSR count). The summed E-state index contributed by atoms with van der Waals surface area (Å²) in [5, 5.41) is 2.69. The Labute approximate surface area is 160 Å². The molecule has 2 aromatic rings. The lowest BCUT2D eigenvalue weighted by atomic mass is 10.3. The highest BCUT2D eigenvalue weighted by molar-refractivity contribution is 7.89. The first kappa shape index (κ1) is 19.1. The summed E-state index contributed by atoms with van der Waals surface area (Å²) in [7, 11) is -2.23. The topological polar surface area (TPSA) is 84.9 Å². The molecule has 0 radical (unpaired) electrons. The molecule has 1 aromatic carbocycles. The Bertz CT molecular complexity index is 907. The highest BCUT2D eigenvalue weighted by atomic mass is 35.5. The second-order valence-electron chi connectivity index (χ2n) is 5.44. The fourth-order valence-electron chi connectivity index (χ4n) is 2.50. The van der Waals surface area contributed by atoms with Gasteiger partial charge in [0, 0.05) is 13.1 Å². The van der Waals surface area contributed by atoms with Gasteiger partial charge in [-0.3, -0.25) is 4.79 Å². The number of benzene rings is 1. The summed E-state index contributed by atoms with van der Waals surface area (Å²) in [4.78, 5) is 12.9. The summed E-state index contributed by atoms with van der Waals surface area (Å²) >= 11 is 6.99. The number of nitrogens with zero attached hydrogens (tertiary/aromatic N) is 1. The van der Waals surface area contributed by atoms with Crippen molar-refractivity contribution >= 4 is 44.6 Å². The van der Waals surface area contributed by atoms with Crippen LogP contribution in [0.1, 0.15) is 9.67 Å². The highest BCUT2D eigenvalue weighted by Crippen LogP contribution is 2.30. The Balaban J connectivity index is 1.90. The number of nitrogens with one attached hydrogen (secondary N) is 1. The van der Waals surface area contributed by atoms with Crippen LogP contribution in [0.2, 0.25) is 4.34 Å². The number of thiophene rings is 1. The number of anilines is 1. The minimum atomic E-state index is -3.68. The van der Waals surface area contributed by atoms with Gasteiger partial charge in [0.2, 0.25) is 10.0 Å².